The molecule has 0 fully saturated rings. The fourth-order valence-electron chi connectivity index (χ4n) is 1.26. The summed E-state index contributed by atoms with van der Waals surface area (Å²) in [5.74, 6) is 0.628. The number of hydrogen-bond acceptors (Lipinski definition) is 4. The Morgan fingerprint density at radius 2 is 2.17 bits per heavy atom. The van der Waals surface area contributed by atoms with E-state index in [1.54, 1.807) is 24.3 Å². The van der Waals surface area contributed by atoms with Crippen LogP contribution in [-0.4, -0.2) is 41.6 Å². The Kier molecular flexibility index (Phi) is 5.88. The zero-order valence-electron chi connectivity index (χ0n) is 10.7. The number of aliphatic hydroxyl groups is 2. The lowest BCUT2D eigenvalue weighted by atomic mass is 10.1. The van der Waals surface area contributed by atoms with E-state index < -0.39 is 11.6 Å². The van der Waals surface area contributed by atoms with Gasteiger partial charge >= 0.3 is 0 Å². The Labute approximate surface area is 113 Å². The molecule has 1 aromatic carbocycles. The Balaban J connectivity index is 2.31. The van der Waals surface area contributed by atoms with Crippen LogP contribution in [0.2, 0.25) is 5.02 Å². The van der Waals surface area contributed by atoms with Gasteiger partial charge in [0.2, 0.25) is 0 Å². The Morgan fingerprint density at radius 3 is 2.78 bits per heavy atom. The van der Waals surface area contributed by atoms with Gasteiger partial charge < -0.3 is 20.3 Å². The Bertz CT molecular complexity index is 371. The summed E-state index contributed by atoms with van der Waals surface area (Å²) in [5.41, 5.74) is -0.406. The van der Waals surface area contributed by atoms with E-state index in [-0.39, 0.29) is 13.2 Å². The predicted octanol–water partition coefficient (Wildman–Crippen LogP) is 1.44. The molecule has 0 radical (unpaired) electrons. The van der Waals surface area contributed by atoms with Gasteiger partial charge in [0.1, 0.15) is 18.5 Å². The first kappa shape index (κ1) is 15.2. The van der Waals surface area contributed by atoms with Gasteiger partial charge in [-0.15, -0.1) is 0 Å². The number of benzene rings is 1. The first-order chi connectivity index (χ1) is 8.43. The van der Waals surface area contributed by atoms with Crippen LogP contribution in [0.25, 0.3) is 0 Å². The zero-order chi connectivity index (χ0) is 13.6. The lowest BCUT2D eigenvalue weighted by Gasteiger charge is -2.25. The van der Waals surface area contributed by atoms with Crippen LogP contribution in [0.15, 0.2) is 24.3 Å². The van der Waals surface area contributed by atoms with Gasteiger partial charge in [0, 0.05) is 17.1 Å². The highest BCUT2D eigenvalue weighted by Crippen LogP contribution is 2.17. The third-order valence-electron chi connectivity index (χ3n) is 2.45. The predicted molar refractivity (Wildman–Crippen MR) is 72.1 cm³/mol. The third-order valence-corrected chi connectivity index (χ3v) is 2.69. The van der Waals surface area contributed by atoms with E-state index in [0.29, 0.717) is 17.3 Å². The number of aliphatic hydroxyl groups excluding tert-OH is 2. The molecule has 18 heavy (non-hydrogen) atoms. The molecule has 1 atom stereocenters. The van der Waals surface area contributed by atoms with Gasteiger partial charge in [0.15, 0.2) is 0 Å². The minimum Gasteiger partial charge on any atom is -0.491 e. The molecule has 0 amide bonds. The van der Waals surface area contributed by atoms with Crippen molar-refractivity contribution in [1.29, 1.82) is 0 Å². The van der Waals surface area contributed by atoms with Crippen LogP contribution in [-0.2, 0) is 0 Å². The molecule has 3 N–H and O–H groups in total. The molecule has 0 heterocycles. The summed E-state index contributed by atoms with van der Waals surface area (Å²) in [5, 5.41) is 22.4. The van der Waals surface area contributed by atoms with Crippen molar-refractivity contribution in [2.24, 2.45) is 0 Å². The molecule has 0 saturated carbocycles. The van der Waals surface area contributed by atoms with Crippen LogP contribution in [0.3, 0.4) is 0 Å². The minimum absolute atomic E-state index is 0.00880. The molecule has 0 bridgehead atoms. The number of nitrogens with one attached hydrogen (secondary N) is 1. The molecule has 1 rings (SSSR count). The van der Waals surface area contributed by atoms with Crippen molar-refractivity contribution in [3.63, 3.8) is 0 Å². The van der Waals surface area contributed by atoms with Crippen LogP contribution >= 0.6 is 11.6 Å². The van der Waals surface area contributed by atoms with E-state index in [4.69, 9.17) is 21.4 Å². The van der Waals surface area contributed by atoms with Crippen LogP contribution < -0.4 is 10.1 Å². The Morgan fingerprint density at radius 1 is 1.44 bits per heavy atom. The number of ether oxygens (including phenoxy) is 1. The molecule has 0 aromatic heterocycles. The van der Waals surface area contributed by atoms with Crippen molar-refractivity contribution in [2.45, 2.75) is 25.5 Å². The lowest BCUT2D eigenvalue weighted by Crippen LogP contribution is -2.47. The molecule has 5 heteroatoms. The van der Waals surface area contributed by atoms with Crippen LogP contribution in [0.5, 0.6) is 5.75 Å². The fraction of sp³-hybridized carbons (Fsp3) is 0.538. The third kappa shape index (κ3) is 5.69. The number of rotatable bonds is 7. The highest BCUT2D eigenvalue weighted by Gasteiger charge is 2.17. The van der Waals surface area contributed by atoms with Gasteiger partial charge in [-0.1, -0.05) is 17.7 Å². The summed E-state index contributed by atoms with van der Waals surface area (Å²) in [6, 6.07) is 7.02. The second-order valence-corrected chi connectivity index (χ2v) is 5.28. The number of halogens is 1. The van der Waals surface area contributed by atoms with Gasteiger partial charge in [-0.25, -0.2) is 0 Å². The summed E-state index contributed by atoms with van der Waals surface area (Å²) in [6.45, 7) is 4.26. The minimum atomic E-state index is -0.644. The Hall–Kier alpha value is -0.810. The maximum Gasteiger partial charge on any atom is 0.120 e. The van der Waals surface area contributed by atoms with Crippen molar-refractivity contribution < 1.29 is 14.9 Å². The van der Waals surface area contributed by atoms with E-state index in [0.717, 1.165) is 0 Å². The van der Waals surface area contributed by atoms with E-state index in [9.17, 15) is 5.11 Å². The first-order valence-electron chi connectivity index (χ1n) is 5.85. The highest BCUT2D eigenvalue weighted by molar-refractivity contribution is 6.30. The van der Waals surface area contributed by atoms with Crippen molar-refractivity contribution in [2.75, 3.05) is 19.8 Å². The summed E-state index contributed by atoms with van der Waals surface area (Å²) < 4.78 is 5.41. The number of β-amino-alcohol motifs (C(OH)–C–C–N with tert-alkyl or cyclic N) is 1. The molecule has 0 saturated heterocycles. The zero-order valence-corrected chi connectivity index (χ0v) is 11.4. The molecule has 0 aliphatic carbocycles. The van der Waals surface area contributed by atoms with Crippen LogP contribution in [0.1, 0.15) is 13.8 Å². The quantitative estimate of drug-likeness (QED) is 0.704. The molecule has 1 aromatic rings. The van der Waals surface area contributed by atoms with Crippen LogP contribution in [0, 0.1) is 0 Å². The molecule has 102 valence electrons. The summed E-state index contributed by atoms with van der Waals surface area (Å²) in [4.78, 5) is 0. The van der Waals surface area contributed by atoms with Gasteiger partial charge in [0.05, 0.1) is 6.61 Å². The SMILES string of the molecule is CC(C)(CO)NCC(O)COc1cccc(Cl)c1. The lowest BCUT2D eigenvalue weighted by molar-refractivity contribution is 0.0907. The molecular formula is C13H20ClNO3. The molecule has 1 unspecified atom stereocenters. The average Bonchev–Trinajstić information content (AvgIpc) is 2.34. The van der Waals surface area contributed by atoms with Crippen molar-refractivity contribution in [3.8, 4) is 5.75 Å². The normalized spacial score (nSPS) is 13.4. The van der Waals surface area contributed by atoms with Crippen LogP contribution in [0.4, 0.5) is 0 Å². The first-order valence-corrected chi connectivity index (χ1v) is 6.23. The van der Waals surface area contributed by atoms with E-state index >= 15 is 0 Å². The topological polar surface area (TPSA) is 61.7 Å². The maximum absolute atomic E-state index is 9.74. The fourth-order valence-corrected chi connectivity index (χ4v) is 1.44. The molecular weight excluding hydrogens is 254 g/mol. The second-order valence-electron chi connectivity index (χ2n) is 4.85. The van der Waals surface area contributed by atoms with E-state index in [1.807, 2.05) is 13.8 Å². The maximum atomic E-state index is 9.74. The summed E-state index contributed by atoms with van der Waals surface area (Å²) >= 11 is 5.82. The smallest absolute Gasteiger partial charge is 0.120 e. The van der Waals surface area contributed by atoms with Crippen molar-refractivity contribution >= 4 is 11.6 Å². The van der Waals surface area contributed by atoms with E-state index in [1.165, 1.54) is 0 Å². The van der Waals surface area contributed by atoms with Gasteiger partial charge in [0.25, 0.3) is 0 Å². The molecule has 0 spiro atoms. The average molecular weight is 274 g/mol. The highest BCUT2D eigenvalue weighted by atomic mass is 35.5. The van der Waals surface area contributed by atoms with Gasteiger partial charge in [-0.2, -0.15) is 0 Å². The van der Waals surface area contributed by atoms with E-state index in [2.05, 4.69) is 5.32 Å². The summed E-state index contributed by atoms with van der Waals surface area (Å²) in [7, 11) is 0. The largest absolute Gasteiger partial charge is 0.491 e. The monoisotopic (exact) mass is 273 g/mol. The van der Waals surface area contributed by atoms with Gasteiger partial charge in [-0.05, 0) is 32.0 Å². The molecule has 0 aliphatic rings. The van der Waals surface area contributed by atoms with Gasteiger partial charge in [-0.3, -0.25) is 0 Å². The van der Waals surface area contributed by atoms with Crippen molar-refractivity contribution in [3.05, 3.63) is 29.3 Å². The molecule has 4 nitrogen and oxygen atoms in total. The van der Waals surface area contributed by atoms with Crippen molar-refractivity contribution in [1.82, 2.24) is 5.32 Å². The second kappa shape index (κ2) is 6.95. The summed E-state index contributed by atoms with van der Waals surface area (Å²) in [6.07, 6.45) is -0.644. The standard InChI is InChI=1S/C13H20ClNO3/c1-13(2,9-16)15-7-11(17)8-18-12-5-3-4-10(14)6-12/h3-6,11,15-17H,7-9H2,1-2H3. The number of hydrogen-bond donors (Lipinski definition) is 3. The molecule has 0 aliphatic heterocycles.